The van der Waals surface area contributed by atoms with Gasteiger partial charge in [0.25, 0.3) is 0 Å². The lowest BCUT2D eigenvalue weighted by molar-refractivity contribution is 0.435. The Morgan fingerprint density at radius 3 is 1.88 bits per heavy atom. The van der Waals surface area contributed by atoms with Gasteiger partial charge in [-0.25, -0.2) is 4.85 Å². The Kier molecular flexibility index (Phi) is 7.38. The molecule has 9 nitrogen and oxygen atoms in total. The van der Waals surface area contributed by atoms with Crippen molar-refractivity contribution in [2.75, 3.05) is 0 Å². The van der Waals surface area contributed by atoms with Gasteiger partial charge in [-0.05, 0) is 114 Å². The molecule has 13 aromatic rings. The predicted molar refractivity (Wildman–Crippen MR) is 271 cm³/mol. The third-order valence-electron chi connectivity index (χ3n) is 14.5. The summed E-state index contributed by atoms with van der Waals surface area (Å²) in [5.41, 5.74) is 15.1. The monoisotopic (exact) mass is 880 g/mol. The van der Waals surface area contributed by atoms with E-state index in [1.165, 1.54) is 0 Å². The number of benzene rings is 7. The second kappa shape index (κ2) is 13.6. The molecule has 0 unspecified atom stereocenters. The van der Waals surface area contributed by atoms with Crippen LogP contribution in [0.2, 0.25) is 0 Å². The zero-order chi connectivity index (χ0) is 45.5. The summed E-state index contributed by atoms with van der Waals surface area (Å²) < 4.78 is 14.2. The Morgan fingerprint density at radius 1 is 0.493 bits per heavy atom. The zero-order valence-corrected chi connectivity index (χ0v) is 36.5. The van der Waals surface area contributed by atoms with Crippen molar-refractivity contribution in [2.24, 2.45) is 0 Å². The molecule has 1 spiro atoms. The van der Waals surface area contributed by atoms with Crippen molar-refractivity contribution in [3.8, 4) is 46.0 Å². The quantitative estimate of drug-likeness (QED) is 0.165. The van der Waals surface area contributed by atoms with Crippen molar-refractivity contribution in [3.05, 3.63) is 234 Å². The fourth-order valence-corrected chi connectivity index (χ4v) is 11.8. The third kappa shape index (κ3) is 4.82. The van der Waals surface area contributed by atoms with E-state index in [1.54, 1.807) is 0 Å². The van der Waals surface area contributed by atoms with Gasteiger partial charge in [0.1, 0.15) is 11.5 Å². The smallest absolute Gasteiger partial charge is 0.188 e. The topological polar surface area (TPSA) is 90.8 Å². The van der Waals surface area contributed by atoms with Gasteiger partial charge in [-0.15, -0.1) is 0 Å². The van der Waals surface area contributed by atoms with E-state index in [0.717, 1.165) is 128 Å². The first-order chi connectivity index (χ1) is 34.1. The van der Waals surface area contributed by atoms with E-state index in [4.69, 9.17) is 21.3 Å². The Morgan fingerprint density at radius 2 is 1.12 bits per heavy atom. The fourth-order valence-electron chi connectivity index (χ4n) is 11.8. The number of fused-ring (bicyclic) bond motifs is 18. The summed E-state index contributed by atoms with van der Waals surface area (Å²) in [7, 11) is 0. The summed E-state index contributed by atoms with van der Waals surface area (Å²) in [4.78, 5) is 18.5. The lowest BCUT2D eigenvalue weighted by Crippen LogP contribution is -2.33. The molecule has 0 saturated heterocycles. The molecule has 7 heterocycles. The zero-order valence-electron chi connectivity index (χ0n) is 36.5. The van der Waals surface area contributed by atoms with Gasteiger partial charge in [-0.3, -0.25) is 15.0 Å². The molecule has 1 aliphatic carbocycles. The maximum absolute atomic E-state index is 9.79. The normalized spacial score (nSPS) is 13.1. The predicted octanol–water partition coefficient (Wildman–Crippen LogP) is 14.1. The lowest BCUT2D eigenvalue weighted by Gasteiger charge is -2.40. The van der Waals surface area contributed by atoms with Crippen LogP contribution in [0, 0.1) is 17.9 Å². The first-order valence-electron chi connectivity index (χ1n) is 22.7. The first-order valence-corrected chi connectivity index (χ1v) is 22.7. The van der Waals surface area contributed by atoms with E-state index >= 15 is 0 Å². The van der Waals surface area contributed by atoms with Gasteiger partial charge < -0.3 is 18.4 Å². The molecule has 15 rings (SSSR count). The van der Waals surface area contributed by atoms with E-state index in [2.05, 4.69) is 157 Å². The number of para-hydroxylation sites is 2. The van der Waals surface area contributed by atoms with Gasteiger partial charge in [0, 0.05) is 74.1 Å². The number of hydrogen-bond donors (Lipinski definition) is 0. The second-order valence-electron chi connectivity index (χ2n) is 17.8. The molecule has 318 valence electrons. The summed E-state index contributed by atoms with van der Waals surface area (Å²) in [6, 6.07) is 61.1. The van der Waals surface area contributed by atoms with Crippen LogP contribution in [0.3, 0.4) is 0 Å². The second-order valence-corrected chi connectivity index (χ2v) is 17.8. The molecule has 2 aliphatic rings. The number of hydrogen-bond acceptors (Lipinski definition) is 5. The van der Waals surface area contributed by atoms with Crippen molar-refractivity contribution < 1.29 is 4.74 Å². The Balaban J connectivity index is 0.979. The molecule has 9 heteroatoms. The average Bonchev–Trinajstić information content (AvgIpc) is 4.12. The van der Waals surface area contributed by atoms with Gasteiger partial charge in [0.05, 0.1) is 80.0 Å². The molecule has 0 N–H and O–H groups in total. The number of aromatic nitrogens is 6. The van der Waals surface area contributed by atoms with Crippen LogP contribution in [0.5, 0.6) is 11.5 Å². The minimum atomic E-state index is -0.882. The van der Waals surface area contributed by atoms with Crippen LogP contribution in [0.15, 0.2) is 195 Å². The number of rotatable bonds is 3. The molecule has 6 aromatic heterocycles. The van der Waals surface area contributed by atoms with Crippen LogP contribution in [0.1, 0.15) is 27.8 Å². The molecule has 0 fully saturated rings. The lowest BCUT2D eigenvalue weighted by atomic mass is 9.65. The van der Waals surface area contributed by atoms with Crippen molar-refractivity contribution in [2.45, 2.75) is 5.41 Å². The number of nitrogens with zero attached hydrogens (tertiary/aromatic N) is 8. The molecule has 1 aliphatic heterocycles. The fraction of sp³-hybridized carbons (Fsp3) is 0.0167. The largest absolute Gasteiger partial charge is 0.457 e. The number of pyridine rings is 3. The highest BCUT2D eigenvalue weighted by Crippen LogP contribution is 2.63. The Labute approximate surface area is 393 Å². The maximum Gasteiger partial charge on any atom is 0.188 e. The maximum atomic E-state index is 9.79. The van der Waals surface area contributed by atoms with Crippen LogP contribution in [-0.2, 0) is 5.41 Å². The van der Waals surface area contributed by atoms with E-state index in [9.17, 15) is 5.26 Å². The van der Waals surface area contributed by atoms with Crippen LogP contribution < -0.4 is 4.74 Å². The molecule has 69 heavy (non-hydrogen) atoms. The molecule has 0 amide bonds. The van der Waals surface area contributed by atoms with Crippen LogP contribution in [0.25, 0.3) is 98.7 Å². The molecule has 0 atom stereocenters. The standard InChI is InChI=1S/C60H32N8O/c1-62-36-18-23-52-43(30-36)40-10-3-5-14-49(40)68(52)53-15-6-16-55-57(53)60(46-11-7-26-64-58(46)59-47(60)12-8-27-65-59)45-21-19-38(32-56(45)69-55)67-51-24-20-37(31-44(51)41-25-28-63-34-54(41)67)66-48-13-4-2-9-39(48)42-29-35(33-61)17-22-50(42)66/h2-32,34H. The highest BCUT2D eigenvalue weighted by atomic mass is 16.5. The van der Waals surface area contributed by atoms with Crippen LogP contribution in [-0.4, -0.2) is 28.7 Å². The van der Waals surface area contributed by atoms with Crippen molar-refractivity contribution >= 4 is 71.1 Å². The van der Waals surface area contributed by atoms with E-state index in [0.29, 0.717) is 11.3 Å². The van der Waals surface area contributed by atoms with E-state index < -0.39 is 5.41 Å². The third-order valence-corrected chi connectivity index (χ3v) is 14.5. The highest BCUT2D eigenvalue weighted by Gasteiger charge is 2.54. The van der Waals surface area contributed by atoms with Gasteiger partial charge in [-0.1, -0.05) is 66.7 Å². The summed E-state index contributed by atoms with van der Waals surface area (Å²) in [5.74, 6) is 1.46. The Bertz CT molecular complexity index is 4470. The summed E-state index contributed by atoms with van der Waals surface area (Å²) in [5, 5.41) is 16.2. The van der Waals surface area contributed by atoms with Crippen molar-refractivity contribution in [1.29, 1.82) is 5.26 Å². The van der Waals surface area contributed by atoms with Gasteiger partial charge in [0.15, 0.2) is 5.69 Å². The summed E-state index contributed by atoms with van der Waals surface area (Å²) >= 11 is 0. The van der Waals surface area contributed by atoms with Crippen molar-refractivity contribution in [1.82, 2.24) is 28.7 Å². The number of nitriles is 1. The van der Waals surface area contributed by atoms with Crippen LogP contribution >= 0.6 is 0 Å². The van der Waals surface area contributed by atoms with Crippen LogP contribution in [0.4, 0.5) is 5.69 Å². The van der Waals surface area contributed by atoms with E-state index in [1.807, 2.05) is 67.3 Å². The summed E-state index contributed by atoms with van der Waals surface area (Å²) in [6.45, 7) is 7.85. The average molecular weight is 881 g/mol. The highest BCUT2D eigenvalue weighted by molar-refractivity contribution is 6.13. The molecular formula is C60H32N8O. The molecule has 0 radical (unpaired) electrons. The van der Waals surface area contributed by atoms with Crippen molar-refractivity contribution in [3.63, 3.8) is 0 Å². The first kappa shape index (κ1) is 37.4. The van der Waals surface area contributed by atoms with E-state index in [-0.39, 0.29) is 0 Å². The van der Waals surface area contributed by atoms with Gasteiger partial charge in [0.2, 0.25) is 0 Å². The minimum Gasteiger partial charge on any atom is -0.457 e. The molecular weight excluding hydrogens is 849 g/mol. The SMILES string of the molecule is [C-]#[N+]c1ccc2c(c1)c1ccccc1n2-c1cccc2c1C1(c3ccc(-n4c5ccc(-n6c7ccccc7c7cc(C#N)ccc76)cc5c5ccncc54)cc3O2)c2cccnc2-c2ncccc21. The molecule has 0 saturated carbocycles. The summed E-state index contributed by atoms with van der Waals surface area (Å²) in [6.07, 6.45) is 7.49. The minimum absolute atomic E-state index is 0.597. The van der Waals surface area contributed by atoms with Gasteiger partial charge >= 0.3 is 0 Å². The van der Waals surface area contributed by atoms with Gasteiger partial charge in [-0.2, -0.15) is 5.26 Å². The Hall–Kier alpha value is -9.83. The molecule has 0 bridgehead atoms. The molecule has 7 aromatic carbocycles. The number of ether oxygens (including phenoxy) is 1.